The molecule has 112 valence electrons. The number of aliphatic carboxylic acids is 1. The van der Waals surface area contributed by atoms with Gasteiger partial charge in [0.2, 0.25) is 0 Å². The summed E-state index contributed by atoms with van der Waals surface area (Å²) in [5.41, 5.74) is 2.66. The van der Waals surface area contributed by atoms with Crippen molar-refractivity contribution < 1.29 is 9.90 Å². The number of hydrogen-bond acceptors (Lipinski definition) is 3. The first-order valence-electron chi connectivity index (χ1n) is 7.49. The predicted octanol–water partition coefficient (Wildman–Crippen LogP) is 2.43. The SMILES string of the molecule is Cc1nn(C)c(C)c1C(C(=O)O)N1CCCCCCC1. The van der Waals surface area contributed by atoms with Gasteiger partial charge >= 0.3 is 5.97 Å². The quantitative estimate of drug-likeness (QED) is 0.923. The van der Waals surface area contributed by atoms with E-state index < -0.39 is 12.0 Å². The molecule has 0 saturated carbocycles. The summed E-state index contributed by atoms with van der Waals surface area (Å²) in [5, 5.41) is 14.1. The molecule has 0 aromatic carbocycles. The van der Waals surface area contributed by atoms with Gasteiger partial charge in [-0.3, -0.25) is 14.4 Å². The van der Waals surface area contributed by atoms with E-state index in [1.807, 2.05) is 20.9 Å². The molecule has 1 fully saturated rings. The van der Waals surface area contributed by atoms with E-state index in [4.69, 9.17) is 0 Å². The molecule has 0 spiro atoms. The Morgan fingerprint density at radius 2 is 1.70 bits per heavy atom. The van der Waals surface area contributed by atoms with Crippen molar-refractivity contribution in [1.29, 1.82) is 0 Å². The van der Waals surface area contributed by atoms with Crippen LogP contribution in [0.15, 0.2) is 0 Å². The normalized spacial score (nSPS) is 19.4. The van der Waals surface area contributed by atoms with Gasteiger partial charge in [-0.2, -0.15) is 5.10 Å². The molecule has 0 radical (unpaired) electrons. The van der Waals surface area contributed by atoms with Gasteiger partial charge < -0.3 is 5.11 Å². The molecule has 1 aliphatic heterocycles. The number of nitrogens with zero attached hydrogens (tertiary/aromatic N) is 3. The van der Waals surface area contributed by atoms with Crippen LogP contribution in [0.1, 0.15) is 55.1 Å². The largest absolute Gasteiger partial charge is 0.480 e. The van der Waals surface area contributed by atoms with Crippen LogP contribution in [0.25, 0.3) is 0 Å². The lowest BCUT2D eigenvalue weighted by Gasteiger charge is -2.30. The monoisotopic (exact) mass is 279 g/mol. The number of rotatable bonds is 3. The molecule has 0 bridgehead atoms. The molecule has 2 heterocycles. The summed E-state index contributed by atoms with van der Waals surface area (Å²) in [7, 11) is 1.87. The summed E-state index contributed by atoms with van der Waals surface area (Å²) in [6, 6.07) is -0.554. The van der Waals surface area contributed by atoms with Gasteiger partial charge in [-0.05, 0) is 39.8 Å². The molecule has 5 heteroatoms. The van der Waals surface area contributed by atoms with E-state index in [1.165, 1.54) is 19.3 Å². The molecule has 5 nitrogen and oxygen atoms in total. The minimum Gasteiger partial charge on any atom is -0.480 e. The summed E-state index contributed by atoms with van der Waals surface area (Å²) < 4.78 is 1.78. The third-order valence-corrected chi connectivity index (χ3v) is 4.33. The smallest absolute Gasteiger partial charge is 0.325 e. The van der Waals surface area contributed by atoms with Gasteiger partial charge in [-0.25, -0.2) is 0 Å². The Kier molecular flexibility index (Phi) is 4.81. The highest BCUT2D eigenvalue weighted by atomic mass is 16.4. The van der Waals surface area contributed by atoms with Crippen molar-refractivity contribution in [3.05, 3.63) is 17.0 Å². The maximum absolute atomic E-state index is 11.8. The number of aryl methyl sites for hydroxylation is 2. The van der Waals surface area contributed by atoms with Crippen molar-refractivity contribution in [1.82, 2.24) is 14.7 Å². The van der Waals surface area contributed by atoms with Crippen molar-refractivity contribution in [3.8, 4) is 0 Å². The van der Waals surface area contributed by atoms with Crippen LogP contribution >= 0.6 is 0 Å². The van der Waals surface area contributed by atoms with Crippen LogP contribution in [0, 0.1) is 13.8 Å². The Hall–Kier alpha value is -1.36. The number of carbonyl (C=O) groups is 1. The zero-order valence-corrected chi connectivity index (χ0v) is 12.7. The molecule has 0 aliphatic carbocycles. The molecule has 20 heavy (non-hydrogen) atoms. The van der Waals surface area contributed by atoms with Crippen molar-refractivity contribution in [3.63, 3.8) is 0 Å². The molecular formula is C15H25N3O2. The van der Waals surface area contributed by atoms with Gasteiger partial charge in [0.25, 0.3) is 0 Å². The first-order chi connectivity index (χ1) is 9.52. The highest BCUT2D eigenvalue weighted by molar-refractivity contribution is 5.76. The fourth-order valence-corrected chi connectivity index (χ4v) is 3.18. The van der Waals surface area contributed by atoms with E-state index in [-0.39, 0.29) is 0 Å². The van der Waals surface area contributed by atoms with E-state index in [2.05, 4.69) is 10.00 Å². The fraction of sp³-hybridized carbons (Fsp3) is 0.733. The van der Waals surface area contributed by atoms with E-state index >= 15 is 0 Å². The van der Waals surface area contributed by atoms with Crippen LogP contribution in [0.4, 0.5) is 0 Å². The minimum atomic E-state index is -0.759. The van der Waals surface area contributed by atoms with Crippen LogP contribution in [-0.4, -0.2) is 38.8 Å². The maximum Gasteiger partial charge on any atom is 0.325 e. The van der Waals surface area contributed by atoms with Crippen molar-refractivity contribution in [2.45, 2.75) is 52.0 Å². The summed E-state index contributed by atoms with van der Waals surface area (Å²) in [6.07, 6.45) is 5.85. The fourth-order valence-electron chi connectivity index (χ4n) is 3.18. The van der Waals surface area contributed by atoms with E-state index in [0.717, 1.165) is 42.9 Å². The predicted molar refractivity (Wildman–Crippen MR) is 77.7 cm³/mol. The number of hydrogen-bond donors (Lipinski definition) is 1. The second-order valence-corrected chi connectivity index (χ2v) is 5.75. The Labute approximate surface area is 120 Å². The van der Waals surface area contributed by atoms with Gasteiger partial charge in [-0.1, -0.05) is 19.3 Å². The number of carboxylic acid groups (broad SMARTS) is 1. The van der Waals surface area contributed by atoms with Crippen molar-refractivity contribution in [2.24, 2.45) is 7.05 Å². The van der Waals surface area contributed by atoms with E-state index in [0.29, 0.717) is 0 Å². The molecule has 1 aliphatic rings. The van der Waals surface area contributed by atoms with Gasteiger partial charge in [-0.15, -0.1) is 0 Å². The molecule has 2 rings (SSSR count). The molecule has 1 aromatic rings. The van der Waals surface area contributed by atoms with Gasteiger partial charge in [0, 0.05) is 18.3 Å². The van der Waals surface area contributed by atoms with Crippen molar-refractivity contribution >= 4 is 5.97 Å². The second-order valence-electron chi connectivity index (χ2n) is 5.75. The maximum atomic E-state index is 11.8. The summed E-state index contributed by atoms with van der Waals surface area (Å²) in [6.45, 7) is 5.59. The topological polar surface area (TPSA) is 58.4 Å². The molecule has 1 atom stereocenters. The van der Waals surface area contributed by atoms with Crippen LogP contribution in [0.2, 0.25) is 0 Å². The Morgan fingerprint density at radius 1 is 1.15 bits per heavy atom. The molecule has 1 saturated heterocycles. The average molecular weight is 279 g/mol. The Morgan fingerprint density at radius 3 is 2.15 bits per heavy atom. The Bertz CT molecular complexity index is 474. The van der Waals surface area contributed by atoms with Gasteiger partial charge in [0.15, 0.2) is 0 Å². The zero-order chi connectivity index (χ0) is 14.7. The first-order valence-corrected chi connectivity index (χ1v) is 7.49. The molecule has 1 unspecified atom stereocenters. The lowest BCUT2D eigenvalue weighted by atomic mass is 10.0. The number of likely N-dealkylation sites (tertiary alicyclic amines) is 1. The van der Waals surface area contributed by atoms with Crippen LogP contribution in [0.5, 0.6) is 0 Å². The highest BCUT2D eigenvalue weighted by Gasteiger charge is 2.32. The summed E-state index contributed by atoms with van der Waals surface area (Å²) in [4.78, 5) is 14.0. The zero-order valence-electron chi connectivity index (χ0n) is 12.7. The Balaban J connectivity index is 2.32. The lowest BCUT2D eigenvalue weighted by molar-refractivity contribution is -0.143. The molecule has 1 aromatic heterocycles. The standard InChI is InChI=1S/C15H25N3O2/c1-11-13(12(2)17(3)16-11)14(15(19)20)18-9-7-5-4-6-8-10-18/h14H,4-10H2,1-3H3,(H,19,20). The van der Waals surface area contributed by atoms with Crippen LogP contribution in [0.3, 0.4) is 0 Å². The van der Waals surface area contributed by atoms with Crippen LogP contribution < -0.4 is 0 Å². The van der Waals surface area contributed by atoms with Gasteiger partial charge in [0.1, 0.15) is 6.04 Å². The van der Waals surface area contributed by atoms with Crippen molar-refractivity contribution in [2.75, 3.05) is 13.1 Å². The highest BCUT2D eigenvalue weighted by Crippen LogP contribution is 2.28. The van der Waals surface area contributed by atoms with Gasteiger partial charge in [0.05, 0.1) is 5.69 Å². The number of aromatic nitrogens is 2. The van der Waals surface area contributed by atoms with E-state index in [9.17, 15) is 9.90 Å². The third-order valence-electron chi connectivity index (χ3n) is 4.33. The lowest BCUT2D eigenvalue weighted by Crippen LogP contribution is -2.37. The molecule has 0 amide bonds. The molecule has 1 N–H and O–H groups in total. The second kappa shape index (κ2) is 6.39. The summed E-state index contributed by atoms with van der Waals surface area (Å²) in [5.74, 6) is -0.759. The minimum absolute atomic E-state index is 0.554. The number of carboxylic acids is 1. The summed E-state index contributed by atoms with van der Waals surface area (Å²) >= 11 is 0. The first kappa shape index (κ1) is 15.0. The third kappa shape index (κ3) is 3.03. The van der Waals surface area contributed by atoms with E-state index in [1.54, 1.807) is 4.68 Å². The average Bonchev–Trinajstić information content (AvgIpc) is 2.58. The van der Waals surface area contributed by atoms with Crippen LogP contribution in [-0.2, 0) is 11.8 Å². The molecular weight excluding hydrogens is 254 g/mol.